The third kappa shape index (κ3) is 7.30. The van der Waals surface area contributed by atoms with Gasteiger partial charge in [0.25, 0.3) is 0 Å². The summed E-state index contributed by atoms with van der Waals surface area (Å²) in [6.45, 7) is 14.1. The van der Waals surface area contributed by atoms with Gasteiger partial charge in [-0.3, -0.25) is 0 Å². The van der Waals surface area contributed by atoms with E-state index >= 15 is 0 Å². The van der Waals surface area contributed by atoms with Crippen LogP contribution in [0.2, 0.25) is 0 Å². The molecule has 0 radical (unpaired) electrons. The highest BCUT2D eigenvalue weighted by Gasteiger charge is 2.13. The summed E-state index contributed by atoms with van der Waals surface area (Å²) in [5.41, 5.74) is 5.15. The lowest BCUT2D eigenvalue weighted by Crippen LogP contribution is -1.90. The highest BCUT2D eigenvalue weighted by Crippen LogP contribution is 2.38. The van der Waals surface area contributed by atoms with Crippen LogP contribution in [0, 0.1) is 6.92 Å². The second kappa shape index (κ2) is 14.6. The maximum Gasteiger partial charge on any atom is 0.130 e. The van der Waals surface area contributed by atoms with Gasteiger partial charge in [0, 0.05) is 11.1 Å². The van der Waals surface area contributed by atoms with Crippen molar-refractivity contribution in [3.8, 4) is 16.9 Å². The quantitative estimate of drug-likeness (QED) is 0.567. The molecule has 0 bridgehead atoms. The van der Waals surface area contributed by atoms with Crippen LogP contribution >= 0.6 is 0 Å². The highest BCUT2D eigenvalue weighted by molar-refractivity contribution is 5.82. The Morgan fingerprint density at radius 3 is 1.96 bits per heavy atom. The van der Waals surface area contributed by atoms with Crippen LogP contribution in [0.15, 0.2) is 72.8 Å². The van der Waals surface area contributed by atoms with Gasteiger partial charge in [-0.1, -0.05) is 102 Å². The normalized spacial score (nSPS) is 11.4. The topological polar surface area (TPSA) is 20.2 Å². The number of aromatic hydroxyl groups is 1. The van der Waals surface area contributed by atoms with Crippen LogP contribution in [-0.4, -0.2) is 5.11 Å². The van der Waals surface area contributed by atoms with Crippen LogP contribution in [0.5, 0.6) is 5.75 Å². The fourth-order valence-corrected chi connectivity index (χ4v) is 2.64. The molecule has 0 fully saturated rings. The van der Waals surface area contributed by atoms with Crippen LogP contribution in [0.3, 0.4) is 0 Å². The molecule has 146 valence electrons. The minimum atomic E-state index is 0.363. The minimum Gasteiger partial charge on any atom is -0.507 e. The van der Waals surface area contributed by atoms with Crippen LogP contribution in [0.4, 0.5) is 0 Å². The molecule has 0 spiro atoms. The monoisotopic (exact) mass is 364 g/mol. The van der Waals surface area contributed by atoms with Gasteiger partial charge >= 0.3 is 0 Å². The second-order valence-corrected chi connectivity index (χ2v) is 5.28. The molecule has 1 nitrogen and oxygen atoms in total. The van der Waals surface area contributed by atoms with Crippen molar-refractivity contribution in [2.75, 3.05) is 0 Å². The maximum absolute atomic E-state index is 10.7. The van der Waals surface area contributed by atoms with Crippen molar-refractivity contribution in [1.29, 1.82) is 0 Å². The molecule has 0 saturated carbocycles. The third-order valence-electron chi connectivity index (χ3n) is 3.68. The van der Waals surface area contributed by atoms with Crippen LogP contribution in [0.25, 0.3) is 16.7 Å². The van der Waals surface area contributed by atoms with Crippen LogP contribution in [-0.2, 0) is 0 Å². The molecule has 2 aromatic carbocycles. The Labute approximate surface area is 166 Å². The molecule has 0 aromatic heterocycles. The van der Waals surface area contributed by atoms with Gasteiger partial charge in [0.1, 0.15) is 5.75 Å². The predicted octanol–water partition coefficient (Wildman–Crippen LogP) is 8.35. The van der Waals surface area contributed by atoms with Gasteiger partial charge in [-0.25, -0.2) is 0 Å². The molecule has 1 aliphatic rings. The van der Waals surface area contributed by atoms with Gasteiger partial charge in [-0.15, -0.1) is 0 Å². The summed E-state index contributed by atoms with van der Waals surface area (Å²) in [5, 5.41) is 10.7. The Kier molecular flexibility index (Phi) is 13.2. The van der Waals surface area contributed by atoms with E-state index in [0.29, 0.717) is 5.75 Å². The summed E-state index contributed by atoms with van der Waals surface area (Å²) in [7, 11) is 0. The van der Waals surface area contributed by atoms with Gasteiger partial charge in [0.2, 0.25) is 0 Å². The molecule has 0 amide bonds. The summed E-state index contributed by atoms with van der Waals surface area (Å²) in [6, 6.07) is 14.1. The molecule has 0 heterocycles. The molecule has 1 N–H and O–H groups in total. The van der Waals surface area contributed by atoms with Gasteiger partial charge < -0.3 is 5.11 Å². The number of aryl methyl sites for hydroxylation is 1. The van der Waals surface area contributed by atoms with E-state index in [1.807, 2.05) is 96.2 Å². The van der Waals surface area contributed by atoms with Gasteiger partial charge in [0.15, 0.2) is 0 Å². The number of benzene rings is 2. The molecule has 0 unspecified atom stereocenters. The second-order valence-electron chi connectivity index (χ2n) is 5.28. The van der Waals surface area contributed by atoms with Gasteiger partial charge in [-0.2, -0.15) is 0 Å². The molecule has 0 saturated heterocycles. The zero-order valence-electron chi connectivity index (χ0n) is 18.1. The number of allylic oxidation sites excluding steroid dienone is 6. The van der Waals surface area contributed by atoms with Crippen molar-refractivity contribution < 1.29 is 5.11 Å². The Morgan fingerprint density at radius 2 is 1.33 bits per heavy atom. The smallest absolute Gasteiger partial charge is 0.130 e. The lowest BCUT2D eigenvalue weighted by atomic mass is 9.93. The lowest BCUT2D eigenvalue weighted by molar-refractivity contribution is 0.475. The van der Waals surface area contributed by atoms with E-state index in [1.54, 1.807) is 0 Å². The average molecular weight is 365 g/mol. The summed E-state index contributed by atoms with van der Waals surface area (Å²) in [4.78, 5) is 0. The maximum atomic E-state index is 10.7. The van der Waals surface area contributed by atoms with E-state index < -0.39 is 0 Å². The van der Waals surface area contributed by atoms with Crippen LogP contribution in [0.1, 0.15) is 59.1 Å². The molecule has 27 heavy (non-hydrogen) atoms. The Hall–Kier alpha value is -2.54. The van der Waals surface area contributed by atoms with E-state index in [2.05, 4.69) is 25.1 Å². The third-order valence-corrected chi connectivity index (χ3v) is 3.68. The first-order chi connectivity index (χ1) is 13.3. The molecule has 0 aliphatic heterocycles. The Morgan fingerprint density at radius 1 is 0.741 bits per heavy atom. The number of rotatable bonds is 2. The Bertz CT molecular complexity index is 734. The molecule has 2 aromatic rings. The summed E-state index contributed by atoms with van der Waals surface area (Å²) < 4.78 is 0. The van der Waals surface area contributed by atoms with Gasteiger partial charge in [-0.05, 0) is 42.2 Å². The average Bonchev–Trinajstić information content (AvgIpc) is 3.04. The fourth-order valence-electron chi connectivity index (χ4n) is 2.64. The standard InChI is InChI=1S/C20H18O.3C2H6/c1-15-13-18(16-9-5-2-3-6-10-16)20(21)19(14-15)17-11-7-4-8-12-17;3*1-2/h2-9,11-14,21H,10H2,1H3;3*1-2H3. The number of hydrogen-bond donors (Lipinski definition) is 1. The van der Waals surface area contributed by atoms with E-state index in [4.69, 9.17) is 0 Å². The van der Waals surface area contributed by atoms with Crippen molar-refractivity contribution in [2.45, 2.75) is 54.9 Å². The van der Waals surface area contributed by atoms with Crippen molar-refractivity contribution in [3.05, 3.63) is 84.0 Å². The number of hydrogen-bond acceptors (Lipinski definition) is 1. The first kappa shape index (κ1) is 24.5. The largest absolute Gasteiger partial charge is 0.507 e. The van der Waals surface area contributed by atoms with Crippen molar-refractivity contribution in [2.24, 2.45) is 0 Å². The van der Waals surface area contributed by atoms with E-state index in [9.17, 15) is 5.11 Å². The fraction of sp³-hybridized carbons (Fsp3) is 0.308. The number of phenols is 1. The summed E-state index contributed by atoms with van der Waals surface area (Å²) in [5.74, 6) is 0.363. The van der Waals surface area contributed by atoms with Crippen molar-refractivity contribution in [1.82, 2.24) is 0 Å². The molecular weight excluding hydrogens is 328 g/mol. The first-order valence-corrected chi connectivity index (χ1v) is 10.2. The SMILES string of the molecule is CC.CC.CC.Cc1cc(C2=CC=CC=CC2)c(O)c(-c2ccccc2)c1. The van der Waals surface area contributed by atoms with E-state index in [0.717, 1.165) is 34.2 Å². The minimum absolute atomic E-state index is 0.363. The summed E-state index contributed by atoms with van der Waals surface area (Å²) in [6.07, 6.45) is 11.1. The molecule has 0 atom stereocenters. The van der Waals surface area contributed by atoms with E-state index in [1.165, 1.54) is 0 Å². The number of phenolic OH excluding ortho intramolecular Hbond substituents is 1. The molecular formula is C26H36O. The van der Waals surface area contributed by atoms with Crippen molar-refractivity contribution >= 4 is 5.57 Å². The Balaban J connectivity index is 0.00000103. The van der Waals surface area contributed by atoms with Gasteiger partial charge in [0.05, 0.1) is 0 Å². The molecule has 3 rings (SSSR count). The van der Waals surface area contributed by atoms with Crippen molar-refractivity contribution in [3.63, 3.8) is 0 Å². The van der Waals surface area contributed by atoms with Crippen LogP contribution < -0.4 is 0 Å². The predicted molar refractivity (Wildman–Crippen MR) is 123 cm³/mol. The zero-order valence-corrected chi connectivity index (χ0v) is 18.1. The summed E-state index contributed by atoms with van der Waals surface area (Å²) >= 11 is 0. The lowest BCUT2D eigenvalue weighted by Gasteiger charge is -2.13. The first-order valence-electron chi connectivity index (χ1n) is 10.2. The molecule has 1 aliphatic carbocycles. The highest BCUT2D eigenvalue weighted by atomic mass is 16.3. The van der Waals surface area contributed by atoms with E-state index in [-0.39, 0.29) is 0 Å². The molecule has 1 heteroatoms. The zero-order chi connectivity index (χ0) is 20.7.